The maximum atomic E-state index is 12.4. The molecule has 6 nitrogen and oxygen atoms in total. The smallest absolute Gasteiger partial charge is 0.257 e. The third-order valence-electron chi connectivity index (χ3n) is 4.04. The second kappa shape index (κ2) is 8.53. The van der Waals surface area contributed by atoms with Gasteiger partial charge in [-0.15, -0.1) is 11.3 Å². The van der Waals surface area contributed by atoms with Crippen molar-refractivity contribution < 1.29 is 17.9 Å². The van der Waals surface area contributed by atoms with E-state index in [4.69, 9.17) is 4.74 Å². The van der Waals surface area contributed by atoms with Crippen LogP contribution in [0.5, 0.6) is 5.75 Å². The highest BCUT2D eigenvalue weighted by Gasteiger charge is 2.14. The summed E-state index contributed by atoms with van der Waals surface area (Å²) in [7, 11) is -3.28. The molecule has 146 valence electrons. The normalized spacial score (nSPS) is 11.2. The van der Waals surface area contributed by atoms with E-state index >= 15 is 0 Å². The van der Waals surface area contributed by atoms with E-state index in [0.29, 0.717) is 17.3 Å². The summed E-state index contributed by atoms with van der Waals surface area (Å²) >= 11 is 1.32. The van der Waals surface area contributed by atoms with Crippen LogP contribution in [-0.2, 0) is 9.84 Å². The van der Waals surface area contributed by atoms with Gasteiger partial charge in [-0.3, -0.25) is 10.1 Å². The average molecular weight is 417 g/mol. The molecule has 1 heterocycles. The molecule has 2 aromatic carbocycles. The highest BCUT2D eigenvalue weighted by molar-refractivity contribution is 7.91. The van der Waals surface area contributed by atoms with E-state index in [0.717, 1.165) is 17.0 Å². The Balaban J connectivity index is 1.70. The Hall–Kier alpha value is -2.71. The van der Waals surface area contributed by atoms with E-state index < -0.39 is 9.84 Å². The van der Waals surface area contributed by atoms with Crippen molar-refractivity contribution >= 4 is 32.2 Å². The molecule has 0 unspecified atom stereocenters. The number of amides is 1. The van der Waals surface area contributed by atoms with Crippen LogP contribution in [0.1, 0.15) is 24.2 Å². The van der Waals surface area contributed by atoms with Gasteiger partial charge in [0.25, 0.3) is 5.91 Å². The van der Waals surface area contributed by atoms with E-state index in [1.165, 1.54) is 35.6 Å². The van der Waals surface area contributed by atoms with Gasteiger partial charge >= 0.3 is 0 Å². The molecule has 1 amide bonds. The zero-order chi connectivity index (χ0) is 20.1. The predicted octanol–water partition coefficient (Wildman–Crippen LogP) is 4.25. The average Bonchev–Trinajstić information content (AvgIpc) is 3.17. The molecule has 3 aromatic rings. The molecular formula is C20H20N2O4S2. The first-order valence-corrected chi connectivity index (χ1v) is 11.3. The summed E-state index contributed by atoms with van der Waals surface area (Å²) in [4.78, 5) is 17.0. The number of hydrogen-bond donors (Lipinski definition) is 1. The van der Waals surface area contributed by atoms with Crippen LogP contribution in [0.2, 0.25) is 0 Å². The lowest BCUT2D eigenvalue weighted by Crippen LogP contribution is -2.12. The number of nitrogens with one attached hydrogen (secondary N) is 1. The molecule has 8 heteroatoms. The topological polar surface area (TPSA) is 85.4 Å². The standard InChI is InChI=1S/C20H20N2O4S2/c1-3-26-16-9-5-14(6-10-16)18-13-27-20(21-18)22-19(23)15-7-11-17(12-8-15)28(24,25)4-2/h5-13H,3-4H2,1-2H3,(H,21,22,23). The van der Waals surface area contributed by atoms with Crippen molar-refractivity contribution in [2.75, 3.05) is 17.7 Å². The number of hydrogen-bond acceptors (Lipinski definition) is 6. The maximum absolute atomic E-state index is 12.4. The maximum Gasteiger partial charge on any atom is 0.257 e. The van der Waals surface area contributed by atoms with Gasteiger partial charge in [-0.25, -0.2) is 13.4 Å². The number of rotatable bonds is 7. The van der Waals surface area contributed by atoms with E-state index in [2.05, 4.69) is 10.3 Å². The minimum absolute atomic E-state index is 0.0198. The van der Waals surface area contributed by atoms with Crippen LogP contribution in [0.25, 0.3) is 11.3 Å². The van der Waals surface area contributed by atoms with E-state index in [9.17, 15) is 13.2 Å². The lowest BCUT2D eigenvalue weighted by atomic mass is 10.2. The number of nitrogens with zero attached hydrogens (tertiary/aromatic N) is 1. The number of benzene rings is 2. The Bertz CT molecular complexity index is 1060. The SMILES string of the molecule is CCOc1ccc(-c2csc(NC(=O)c3ccc(S(=O)(=O)CC)cc3)n2)cc1. The van der Waals surface area contributed by atoms with Crippen molar-refractivity contribution in [1.29, 1.82) is 0 Å². The number of thiazole rings is 1. The summed E-state index contributed by atoms with van der Waals surface area (Å²) in [5.74, 6) is 0.475. The lowest BCUT2D eigenvalue weighted by molar-refractivity contribution is 0.102. The molecular weight excluding hydrogens is 396 g/mol. The van der Waals surface area contributed by atoms with Gasteiger partial charge in [0.2, 0.25) is 0 Å². The molecule has 1 aromatic heterocycles. The van der Waals surface area contributed by atoms with Crippen LogP contribution in [0.15, 0.2) is 58.8 Å². The Morgan fingerprint density at radius 3 is 2.36 bits per heavy atom. The van der Waals surface area contributed by atoms with E-state index in [1.54, 1.807) is 6.92 Å². The predicted molar refractivity (Wildman–Crippen MR) is 111 cm³/mol. The largest absolute Gasteiger partial charge is 0.494 e. The molecule has 0 saturated heterocycles. The molecule has 0 aliphatic rings. The summed E-state index contributed by atoms with van der Waals surface area (Å²) < 4.78 is 29.1. The molecule has 0 spiro atoms. The second-order valence-electron chi connectivity index (χ2n) is 5.88. The first-order chi connectivity index (χ1) is 13.4. The molecule has 0 fully saturated rings. The quantitative estimate of drug-likeness (QED) is 0.622. The molecule has 0 aliphatic carbocycles. The van der Waals surface area contributed by atoms with Crippen LogP contribution in [0.3, 0.4) is 0 Å². The Morgan fingerprint density at radius 1 is 1.07 bits per heavy atom. The fraction of sp³-hybridized carbons (Fsp3) is 0.200. The number of sulfone groups is 1. The first kappa shape index (κ1) is 20.0. The lowest BCUT2D eigenvalue weighted by Gasteiger charge is -2.04. The monoisotopic (exact) mass is 416 g/mol. The summed E-state index contributed by atoms with van der Waals surface area (Å²) in [5.41, 5.74) is 2.05. The van der Waals surface area contributed by atoms with Gasteiger partial charge in [0.1, 0.15) is 5.75 Å². The van der Waals surface area contributed by atoms with Crippen LogP contribution in [-0.4, -0.2) is 31.7 Å². The number of anilines is 1. The zero-order valence-corrected chi connectivity index (χ0v) is 17.1. The van der Waals surface area contributed by atoms with E-state index in [1.807, 2.05) is 36.6 Å². The fourth-order valence-electron chi connectivity index (χ4n) is 2.50. The van der Waals surface area contributed by atoms with Crippen LogP contribution >= 0.6 is 11.3 Å². The van der Waals surface area contributed by atoms with Crippen molar-refractivity contribution in [2.45, 2.75) is 18.7 Å². The van der Waals surface area contributed by atoms with Crippen LogP contribution < -0.4 is 10.1 Å². The van der Waals surface area contributed by atoms with Gasteiger partial charge in [-0.1, -0.05) is 6.92 Å². The van der Waals surface area contributed by atoms with Crippen LogP contribution in [0.4, 0.5) is 5.13 Å². The highest BCUT2D eigenvalue weighted by atomic mass is 32.2. The summed E-state index contributed by atoms with van der Waals surface area (Å²) in [5, 5.41) is 5.08. The Labute approximate surface area is 168 Å². The molecule has 28 heavy (non-hydrogen) atoms. The third kappa shape index (κ3) is 4.58. The summed E-state index contributed by atoms with van der Waals surface area (Å²) in [6, 6.07) is 13.5. The second-order valence-corrected chi connectivity index (χ2v) is 9.01. The summed E-state index contributed by atoms with van der Waals surface area (Å²) in [6.45, 7) is 4.12. The molecule has 1 N–H and O–H groups in total. The highest BCUT2D eigenvalue weighted by Crippen LogP contribution is 2.27. The van der Waals surface area contributed by atoms with Gasteiger partial charge in [0.15, 0.2) is 15.0 Å². The van der Waals surface area contributed by atoms with Gasteiger partial charge < -0.3 is 4.74 Å². The zero-order valence-electron chi connectivity index (χ0n) is 15.5. The van der Waals surface area contributed by atoms with Crippen molar-refractivity contribution in [3.8, 4) is 17.0 Å². The molecule has 3 rings (SSSR count). The van der Waals surface area contributed by atoms with Crippen molar-refractivity contribution in [3.05, 3.63) is 59.5 Å². The minimum atomic E-state index is -3.28. The van der Waals surface area contributed by atoms with Crippen molar-refractivity contribution in [3.63, 3.8) is 0 Å². The van der Waals surface area contributed by atoms with Gasteiger partial charge in [0, 0.05) is 16.5 Å². The number of carbonyl (C=O) groups is 1. The fourth-order valence-corrected chi connectivity index (χ4v) is 4.10. The summed E-state index contributed by atoms with van der Waals surface area (Å²) in [6.07, 6.45) is 0. The number of carbonyl (C=O) groups excluding carboxylic acids is 1. The van der Waals surface area contributed by atoms with Crippen molar-refractivity contribution in [1.82, 2.24) is 4.98 Å². The number of ether oxygens (including phenoxy) is 1. The Kier molecular flexibility index (Phi) is 6.11. The molecule has 0 aliphatic heterocycles. The molecule has 0 saturated carbocycles. The van der Waals surface area contributed by atoms with E-state index in [-0.39, 0.29) is 16.6 Å². The van der Waals surface area contributed by atoms with Gasteiger partial charge in [-0.05, 0) is 55.5 Å². The molecule has 0 radical (unpaired) electrons. The van der Waals surface area contributed by atoms with Crippen LogP contribution in [0, 0.1) is 0 Å². The number of aromatic nitrogens is 1. The molecule has 0 atom stereocenters. The third-order valence-corrected chi connectivity index (χ3v) is 6.55. The Morgan fingerprint density at radius 2 is 1.75 bits per heavy atom. The minimum Gasteiger partial charge on any atom is -0.494 e. The van der Waals surface area contributed by atoms with Crippen molar-refractivity contribution in [2.24, 2.45) is 0 Å². The van der Waals surface area contributed by atoms with Gasteiger partial charge in [-0.2, -0.15) is 0 Å². The first-order valence-electron chi connectivity index (χ1n) is 8.76. The molecule has 0 bridgehead atoms. The van der Waals surface area contributed by atoms with Gasteiger partial charge in [0.05, 0.1) is 22.9 Å².